The highest BCUT2D eigenvalue weighted by Gasteiger charge is 2.02. The molecule has 0 saturated carbocycles. The quantitative estimate of drug-likeness (QED) is 0.641. The van der Waals surface area contributed by atoms with Crippen molar-refractivity contribution in [3.05, 3.63) is 32.9 Å². The standard InChI is InChI=1S/C9H6BrS/c1-6-9-7(5-11-6)3-2-4-8(9)10/h2-4H,1H3. The lowest BCUT2D eigenvalue weighted by Gasteiger charge is -1.93. The Labute approximate surface area is 78.0 Å². The molecule has 2 aromatic rings. The van der Waals surface area contributed by atoms with Crippen molar-refractivity contribution < 1.29 is 0 Å². The van der Waals surface area contributed by atoms with Crippen LogP contribution in [0.3, 0.4) is 0 Å². The van der Waals surface area contributed by atoms with Crippen molar-refractivity contribution in [3.8, 4) is 0 Å². The van der Waals surface area contributed by atoms with Crippen LogP contribution in [-0.4, -0.2) is 0 Å². The molecule has 0 atom stereocenters. The summed E-state index contributed by atoms with van der Waals surface area (Å²) in [6.07, 6.45) is 0. The molecule has 1 aromatic heterocycles. The summed E-state index contributed by atoms with van der Waals surface area (Å²) >= 11 is 5.19. The maximum atomic E-state index is 3.51. The van der Waals surface area contributed by atoms with Gasteiger partial charge >= 0.3 is 0 Å². The molecular formula is C9H6BrS. The summed E-state index contributed by atoms with van der Waals surface area (Å²) in [5, 5.41) is 5.75. The van der Waals surface area contributed by atoms with Crippen molar-refractivity contribution >= 4 is 38.0 Å². The van der Waals surface area contributed by atoms with E-state index < -0.39 is 0 Å². The van der Waals surface area contributed by atoms with Crippen LogP contribution >= 0.6 is 27.3 Å². The Morgan fingerprint density at radius 1 is 1.45 bits per heavy atom. The molecule has 55 valence electrons. The van der Waals surface area contributed by atoms with Crippen LogP contribution in [-0.2, 0) is 0 Å². The molecule has 2 rings (SSSR count). The van der Waals surface area contributed by atoms with E-state index in [1.54, 1.807) is 11.3 Å². The number of thiophene rings is 1. The van der Waals surface area contributed by atoms with Crippen molar-refractivity contribution in [1.29, 1.82) is 0 Å². The van der Waals surface area contributed by atoms with E-state index in [0.717, 1.165) is 0 Å². The normalized spacial score (nSPS) is 10.7. The second kappa shape index (κ2) is 2.61. The number of hydrogen-bond acceptors (Lipinski definition) is 1. The van der Waals surface area contributed by atoms with Crippen LogP contribution in [0.5, 0.6) is 0 Å². The second-order valence-corrected chi connectivity index (χ2v) is 4.30. The lowest BCUT2D eigenvalue weighted by atomic mass is 10.2. The van der Waals surface area contributed by atoms with Gasteiger partial charge in [-0.1, -0.05) is 28.1 Å². The van der Waals surface area contributed by atoms with Crippen molar-refractivity contribution in [2.24, 2.45) is 0 Å². The van der Waals surface area contributed by atoms with Gasteiger partial charge in [0.1, 0.15) is 0 Å². The monoisotopic (exact) mass is 225 g/mol. The third-order valence-electron chi connectivity index (χ3n) is 1.68. The fraction of sp³-hybridized carbons (Fsp3) is 0.111. The van der Waals surface area contributed by atoms with Gasteiger partial charge in [0, 0.05) is 20.1 Å². The van der Waals surface area contributed by atoms with Gasteiger partial charge in [-0.3, -0.25) is 0 Å². The van der Waals surface area contributed by atoms with Gasteiger partial charge in [0.15, 0.2) is 0 Å². The smallest absolute Gasteiger partial charge is 0.0530 e. The lowest BCUT2D eigenvalue weighted by Crippen LogP contribution is -1.68. The molecule has 0 fully saturated rings. The first kappa shape index (κ1) is 7.32. The molecule has 0 aliphatic carbocycles. The molecule has 1 aromatic carbocycles. The largest absolute Gasteiger partial charge is 0.138 e. The van der Waals surface area contributed by atoms with Crippen molar-refractivity contribution in [3.63, 3.8) is 0 Å². The maximum absolute atomic E-state index is 3.51. The Morgan fingerprint density at radius 2 is 2.27 bits per heavy atom. The molecular weight excluding hydrogens is 220 g/mol. The number of fused-ring (bicyclic) bond motifs is 1. The fourth-order valence-corrected chi connectivity index (χ4v) is 2.70. The van der Waals surface area contributed by atoms with Gasteiger partial charge in [-0.05, 0) is 13.0 Å². The Balaban J connectivity index is 2.96. The third kappa shape index (κ3) is 1.10. The van der Waals surface area contributed by atoms with Crippen LogP contribution in [0.1, 0.15) is 4.88 Å². The number of halogens is 1. The number of aryl methyl sites for hydroxylation is 1. The summed E-state index contributed by atoms with van der Waals surface area (Å²) in [5.41, 5.74) is 0. The number of benzene rings is 1. The predicted molar refractivity (Wildman–Crippen MR) is 53.1 cm³/mol. The summed E-state index contributed by atoms with van der Waals surface area (Å²) in [4.78, 5) is 1.33. The van der Waals surface area contributed by atoms with Crippen LogP contribution in [0.2, 0.25) is 0 Å². The molecule has 1 heterocycles. The first-order valence-electron chi connectivity index (χ1n) is 3.34. The van der Waals surface area contributed by atoms with Crippen molar-refractivity contribution in [1.82, 2.24) is 0 Å². The molecule has 0 aliphatic rings. The minimum Gasteiger partial charge on any atom is -0.138 e. The van der Waals surface area contributed by atoms with Crippen LogP contribution < -0.4 is 0 Å². The van der Waals surface area contributed by atoms with Crippen LogP contribution in [0, 0.1) is 12.3 Å². The molecule has 0 unspecified atom stereocenters. The minimum atomic E-state index is 1.17. The number of rotatable bonds is 0. The van der Waals surface area contributed by atoms with Gasteiger partial charge in [-0.2, -0.15) is 0 Å². The van der Waals surface area contributed by atoms with Crippen molar-refractivity contribution in [2.75, 3.05) is 0 Å². The van der Waals surface area contributed by atoms with Gasteiger partial charge in [0.25, 0.3) is 0 Å². The van der Waals surface area contributed by atoms with E-state index in [1.807, 2.05) is 6.07 Å². The second-order valence-electron chi connectivity index (χ2n) is 2.42. The Kier molecular flexibility index (Phi) is 1.74. The highest BCUT2D eigenvalue weighted by Crippen LogP contribution is 2.30. The molecule has 0 bridgehead atoms. The first-order valence-corrected chi connectivity index (χ1v) is 4.95. The molecule has 0 N–H and O–H groups in total. The summed E-state index contributed by atoms with van der Waals surface area (Å²) in [5.74, 6) is 0. The topological polar surface area (TPSA) is 0 Å². The zero-order valence-corrected chi connectivity index (χ0v) is 8.42. The summed E-state index contributed by atoms with van der Waals surface area (Å²) in [7, 11) is 0. The molecule has 11 heavy (non-hydrogen) atoms. The molecule has 1 radical (unpaired) electrons. The minimum absolute atomic E-state index is 1.17. The van der Waals surface area contributed by atoms with E-state index >= 15 is 0 Å². The summed E-state index contributed by atoms with van der Waals surface area (Å²) < 4.78 is 1.17. The van der Waals surface area contributed by atoms with Gasteiger partial charge in [-0.25, -0.2) is 0 Å². The Hall–Kier alpha value is -0.340. The maximum Gasteiger partial charge on any atom is 0.0530 e. The summed E-state index contributed by atoms with van der Waals surface area (Å²) in [6.45, 7) is 2.12. The average Bonchev–Trinajstić information content (AvgIpc) is 2.34. The van der Waals surface area contributed by atoms with E-state index in [1.165, 1.54) is 20.1 Å². The van der Waals surface area contributed by atoms with Crippen LogP contribution in [0.25, 0.3) is 10.8 Å². The molecule has 0 saturated heterocycles. The van der Waals surface area contributed by atoms with E-state index in [4.69, 9.17) is 0 Å². The zero-order chi connectivity index (χ0) is 7.84. The average molecular weight is 226 g/mol. The molecule has 0 aliphatic heterocycles. The predicted octanol–water partition coefficient (Wildman–Crippen LogP) is 3.77. The lowest BCUT2D eigenvalue weighted by molar-refractivity contribution is 1.66. The molecule has 0 nitrogen and oxygen atoms in total. The van der Waals surface area contributed by atoms with E-state index in [0.29, 0.717) is 0 Å². The number of hydrogen-bond donors (Lipinski definition) is 0. The van der Waals surface area contributed by atoms with E-state index in [2.05, 4.69) is 40.4 Å². The SMILES string of the molecule is Cc1s[c]c2cccc(Br)c12. The highest BCUT2D eigenvalue weighted by molar-refractivity contribution is 9.10. The summed E-state index contributed by atoms with van der Waals surface area (Å²) in [6, 6.07) is 6.19. The van der Waals surface area contributed by atoms with E-state index in [9.17, 15) is 0 Å². The fourth-order valence-electron chi connectivity index (χ4n) is 1.15. The highest BCUT2D eigenvalue weighted by atomic mass is 79.9. The Morgan fingerprint density at radius 3 is 3.00 bits per heavy atom. The van der Waals surface area contributed by atoms with Crippen LogP contribution in [0.4, 0.5) is 0 Å². The van der Waals surface area contributed by atoms with Gasteiger partial charge < -0.3 is 0 Å². The van der Waals surface area contributed by atoms with Crippen LogP contribution in [0.15, 0.2) is 22.7 Å². The molecule has 0 amide bonds. The van der Waals surface area contributed by atoms with E-state index in [-0.39, 0.29) is 0 Å². The van der Waals surface area contributed by atoms with Gasteiger partial charge in [0.2, 0.25) is 0 Å². The Bertz CT molecular complexity index is 389. The third-order valence-corrected chi connectivity index (χ3v) is 3.17. The zero-order valence-electron chi connectivity index (χ0n) is 6.02. The van der Waals surface area contributed by atoms with Gasteiger partial charge in [-0.15, -0.1) is 11.3 Å². The molecule has 2 heteroatoms. The van der Waals surface area contributed by atoms with Gasteiger partial charge in [0.05, 0.1) is 5.38 Å². The van der Waals surface area contributed by atoms with Crippen molar-refractivity contribution in [2.45, 2.75) is 6.92 Å². The first-order chi connectivity index (χ1) is 5.29. The molecule has 0 spiro atoms.